The zero-order chi connectivity index (χ0) is 13.4. The van der Waals surface area contributed by atoms with Gasteiger partial charge in [0.1, 0.15) is 18.3 Å². The molecule has 0 aliphatic carbocycles. The Kier molecular flexibility index (Phi) is 3.35. The summed E-state index contributed by atoms with van der Waals surface area (Å²) in [5, 5.41) is 28.6. The van der Waals surface area contributed by atoms with Crippen LogP contribution in [0.15, 0.2) is 15.8 Å². The number of aliphatic hydroxyl groups excluding tert-OH is 3. The molecule has 0 amide bonds. The highest BCUT2D eigenvalue weighted by molar-refractivity contribution is 5.02. The molecule has 1 saturated heterocycles. The van der Waals surface area contributed by atoms with Gasteiger partial charge in [-0.2, -0.15) is 0 Å². The van der Waals surface area contributed by atoms with Gasteiger partial charge in [-0.05, 0) is 6.92 Å². The summed E-state index contributed by atoms with van der Waals surface area (Å²) in [5.41, 5.74) is -1.01. The Morgan fingerprint density at radius 1 is 1.33 bits per heavy atom. The van der Waals surface area contributed by atoms with Crippen LogP contribution in [0.25, 0.3) is 0 Å². The Hall–Kier alpha value is -1.48. The molecule has 18 heavy (non-hydrogen) atoms. The third-order valence-corrected chi connectivity index (χ3v) is 2.89. The number of nitrogens with zero attached hydrogens (tertiary/aromatic N) is 1. The molecule has 1 aliphatic heterocycles. The molecule has 2 rings (SSSR count). The van der Waals surface area contributed by atoms with Crippen LogP contribution in [0, 0.1) is 6.92 Å². The summed E-state index contributed by atoms with van der Waals surface area (Å²) in [6, 6.07) is 0. The van der Waals surface area contributed by atoms with E-state index in [1.54, 1.807) is 0 Å². The normalized spacial score (nSPS) is 32.4. The average molecular weight is 258 g/mol. The highest BCUT2D eigenvalue weighted by atomic mass is 16.5. The van der Waals surface area contributed by atoms with E-state index in [2.05, 4.69) is 4.98 Å². The number of hydrogen-bond donors (Lipinski definition) is 4. The molecule has 8 nitrogen and oxygen atoms in total. The Balaban J connectivity index is 2.41. The Labute approximate surface area is 101 Å². The van der Waals surface area contributed by atoms with Crippen LogP contribution < -0.4 is 11.2 Å². The standard InChI is InChI=1S/C10H14N2O6/c1-4-2-12(10(17)11-8(4)16)9-7(15)6(14)5(13)3-18-9/h2,5-7,9,13-15H,3H2,1H3,(H,11,16,17)/t5-,6-,7+,9+/m1/s1. The monoisotopic (exact) mass is 258 g/mol. The second-order valence-electron chi connectivity index (χ2n) is 4.25. The van der Waals surface area contributed by atoms with E-state index in [1.165, 1.54) is 13.1 Å². The van der Waals surface area contributed by atoms with Gasteiger partial charge in [-0.25, -0.2) is 4.79 Å². The van der Waals surface area contributed by atoms with Crippen molar-refractivity contribution in [3.8, 4) is 0 Å². The van der Waals surface area contributed by atoms with Gasteiger partial charge in [0, 0.05) is 11.8 Å². The first-order valence-electron chi connectivity index (χ1n) is 5.39. The molecule has 1 aromatic heterocycles. The van der Waals surface area contributed by atoms with Gasteiger partial charge in [0.15, 0.2) is 6.23 Å². The van der Waals surface area contributed by atoms with Crippen LogP contribution in [0.3, 0.4) is 0 Å². The molecule has 0 bridgehead atoms. The first-order chi connectivity index (χ1) is 8.41. The van der Waals surface area contributed by atoms with Crippen molar-refractivity contribution in [2.75, 3.05) is 6.61 Å². The SMILES string of the molecule is Cc1cn([C@H]2OC[C@@H](O)[C@@H](O)[C@@H]2O)c(=O)[nH]c1=O. The van der Waals surface area contributed by atoms with Crippen molar-refractivity contribution in [2.45, 2.75) is 31.5 Å². The minimum Gasteiger partial charge on any atom is -0.388 e. The van der Waals surface area contributed by atoms with Crippen LogP contribution in [-0.2, 0) is 4.74 Å². The average Bonchev–Trinajstić information content (AvgIpc) is 2.32. The zero-order valence-electron chi connectivity index (χ0n) is 9.61. The van der Waals surface area contributed by atoms with E-state index in [0.29, 0.717) is 0 Å². The number of aromatic nitrogens is 2. The Bertz CT molecular complexity index is 550. The van der Waals surface area contributed by atoms with Crippen LogP contribution in [-0.4, -0.2) is 49.8 Å². The molecule has 0 spiro atoms. The number of ether oxygens (including phenoxy) is 1. The Morgan fingerprint density at radius 3 is 2.67 bits per heavy atom. The predicted molar refractivity (Wildman–Crippen MR) is 59.1 cm³/mol. The molecular formula is C10H14N2O6. The van der Waals surface area contributed by atoms with E-state index in [1.807, 2.05) is 0 Å². The minimum absolute atomic E-state index is 0.215. The largest absolute Gasteiger partial charge is 0.388 e. The van der Waals surface area contributed by atoms with Crippen molar-refractivity contribution in [1.82, 2.24) is 9.55 Å². The highest BCUT2D eigenvalue weighted by Crippen LogP contribution is 2.22. The van der Waals surface area contributed by atoms with Gasteiger partial charge >= 0.3 is 5.69 Å². The molecule has 0 radical (unpaired) electrons. The fourth-order valence-electron chi connectivity index (χ4n) is 1.81. The van der Waals surface area contributed by atoms with Gasteiger partial charge in [0.25, 0.3) is 5.56 Å². The van der Waals surface area contributed by atoms with Gasteiger partial charge in [0.05, 0.1) is 6.61 Å². The van der Waals surface area contributed by atoms with Gasteiger partial charge in [-0.15, -0.1) is 0 Å². The number of H-pyrrole nitrogens is 1. The maximum atomic E-state index is 11.6. The van der Waals surface area contributed by atoms with Crippen molar-refractivity contribution in [3.63, 3.8) is 0 Å². The molecule has 100 valence electrons. The third-order valence-electron chi connectivity index (χ3n) is 2.89. The minimum atomic E-state index is -1.46. The predicted octanol–water partition coefficient (Wildman–Crippen LogP) is -2.54. The molecule has 2 heterocycles. The summed E-state index contributed by atoms with van der Waals surface area (Å²) >= 11 is 0. The number of aliphatic hydroxyl groups is 3. The Morgan fingerprint density at radius 2 is 2.00 bits per heavy atom. The number of aryl methyl sites for hydroxylation is 1. The number of rotatable bonds is 1. The summed E-state index contributed by atoms with van der Waals surface area (Å²) in [6.45, 7) is 1.28. The van der Waals surface area contributed by atoms with Gasteiger partial charge in [0.2, 0.25) is 0 Å². The molecule has 4 N–H and O–H groups in total. The molecule has 0 unspecified atom stereocenters. The van der Waals surface area contributed by atoms with Crippen LogP contribution in [0.5, 0.6) is 0 Å². The van der Waals surface area contributed by atoms with Crippen LogP contribution in [0.2, 0.25) is 0 Å². The summed E-state index contributed by atoms with van der Waals surface area (Å²) < 4.78 is 6.10. The van der Waals surface area contributed by atoms with E-state index in [4.69, 9.17) is 4.74 Å². The lowest BCUT2D eigenvalue weighted by Crippen LogP contribution is -2.52. The van der Waals surface area contributed by atoms with Crippen molar-refractivity contribution < 1.29 is 20.1 Å². The maximum Gasteiger partial charge on any atom is 0.330 e. The number of nitrogens with one attached hydrogen (secondary N) is 1. The molecule has 0 aromatic carbocycles. The first kappa shape index (κ1) is 13.0. The number of aromatic amines is 1. The summed E-state index contributed by atoms with van der Waals surface area (Å²) in [7, 11) is 0. The molecule has 1 aromatic rings. The van der Waals surface area contributed by atoms with E-state index in [-0.39, 0.29) is 12.2 Å². The van der Waals surface area contributed by atoms with E-state index >= 15 is 0 Å². The van der Waals surface area contributed by atoms with Crippen molar-refractivity contribution in [1.29, 1.82) is 0 Å². The van der Waals surface area contributed by atoms with Crippen molar-refractivity contribution >= 4 is 0 Å². The zero-order valence-corrected chi connectivity index (χ0v) is 9.61. The van der Waals surface area contributed by atoms with Crippen molar-refractivity contribution in [3.05, 3.63) is 32.6 Å². The summed E-state index contributed by atoms with van der Waals surface area (Å²) in [4.78, 5) is 24.9. The van der Waals surface area contributed by atoms with E-state index in [0.717, 1.165) is 4.57 Å². The van der Waals surface area contributed by atoms with Crippen LogP contribution in [0.1, 0.15) is 11.8 Å². The third kappa shape index (κ3) is 2.10. The quantitative estimate of drug-likeness (QED) is 0.440. The second kappa shape index (κ2) is 4.65. The maximum absolute atomic E-state index is 11.6. The molecule has 4 atom stereocenters. The summed E-state index contributed by atoms with van der Waals surface area (Å²) in [6.07, 6.45) is -4.00. The van der Waals surface area contributed by atoms with Crippen molar-refractivity contribution in [2.24, 2.45) is 0 Å². The molecule has 0 saturated carbocycles. The lowest BCUT2D eigenvalue weighted by molar-refractivity contribution is -0.212. The van der Waals surface area contributed by atoms with E-state index < -0.39 is 35.8 Å². The summed E-state index contributed by atoms with van der Waals surface area (Å²) in [5.74, 6) is 0. The van der Waals surface area contributed by atoms with Crippen LogP contribution in [0.4, 0.5) is 0 Å². The lowest BCUT2D eigenvalue weighted by atomic mass is 10.0. The molecular weight excluding hydrogens is 244 g/mol. The van der Waals surface area contributed by atoms with E-state index in [9.17, 15) is 24.9 Å². The number of hydrogen-bond acceptors (Lipinski definition) is 6. The van der Waals surface area contributed by atoms with Gasteiger partial charge in [-0.1, -0.05) is 0 Å². The lowest BCUT2D eigenvalue weighted by Gasteiger charge is -2.35. The molecule has 1 aliphatic rings. The second-order valence-corrected chi connectivity index (χ2v) is 4.25. The smallest absolute Gasteiger partial charge is 0.330 e. The fourth-order valence-corrected chi connectivity index (χ4v) is 1.81. The fraction of sp³-hybridized carbons (Fsp3) is 0.600. The molecule has 8 heteroatoms. The van der Waals surface area contributed by atoms with Gasteiger partial charge < -0.3 is 20.1 Å². The topological polar surface area (TPSA) is 125 Å². The molecule has 1 fully saturated rings. The van der Waals surface area contributed by atoms with Gasteiger partial charge in [-0.3, -0.25) is 14.3 Å². The highest BCUT2D eigenvalue weighted by Gasteiger charge is 2.39. The van der Waals surface area contributed by atoms with Crippen LogP contribution >= 0.6 is 0 Å². The first-order valence-corrected chi connectivity index (χ1v) is 5.39.